The van der Waals surface area contributed by atoms with E-state index in [2.05, 4.69) is 26.2 Å². The molecule has 0 amide bonds. The number of fused-ring (bicyclic) bond motifs is 1. The van der Waals surface area contributed by atoms with Crippen molar-refractivity contribution in [2.75, 3.05) is 5.32 Å². The molecule has 0 atom stereocenters. The van der Waals surface area contributed by atoms with Crippen molar-refractivity contribution in [2.24, 2.45) is 0 Å². The smallest absolute Gasteiger partial charge is 0.125 e. The lowest BCUT2D eigenvalue weighted by atomic mass is 10.1. The molecule has 0 radical (unpaired) electrons. The Hall–Kier alpha value is -1.94. The zero-order valence-corrected chi connectivity index (χ0v) is 12.2. The van der Waals surface area contributed by atoms with Crippen LogP contribution in [0.5, 0.6) is 0 Å². The molecule has 3 rings (SSSR count). The highest BCUT2D eigenvalue weighted by atomic mass is 79.9. The molecule has 0 saturated carbocycles. The number of hydrogen-bond donors (Lipinski definition) is 1. The summed E-state index contributed by atoms with van der Waals surface area (Å²) in [5.41, 5.74) is 2.84. The first-order valence-corrected chi connectivity index (χ1v) is 7.05. The van der Waals surface area contributed by atoms with Crippen molar-refractivity contribution in [3.8, 4) is 0 Å². The van der Waals surface area contributed by atoms with Crippen molar-refractivity contribution < 1.29 is 4.39 Å². The van der Waals surface area contributed by atoms with Crippen molar-refractivity contribution in [1.82, 2.24) is 4.98 Å². The summed E-state index contributed by atoms with van der Waals surface area (Å²) in [4.78, 5) is 4.33. The molecular weight excluding hydrogens is 319 g/mol. The lowest BCUT2D eigenvalue weighted by Crippen LogP contribution is -2.01. The molecule has 20 heavy (non-hydrogen) atoms. The normalized spacial score (nSPS) is 10.7. The highest BCUT2D eigenvalue weighted by Gasteiger charge is 2.04. The van der Waals surface area contributed by atoms with Gasteiger partial charge in [-0.1, -0.05) is 18.2 Å². The Morgan fingerprint density at radius 1 is 1.10 bits per heavy atom. The second kappa shape index (κ2) is 5.59. The average molecular weight is 331 g/mol. The van der Waals surface area contributed by atoms with Crippen LogP contribution in [-0.4, -0.2) is 4.98 Å². The molecule has 0 fully saturated rings. The van der Waals surface area contributed by atoms with Gasteiger partial charge in [0.05, 0.1) is 11.2 Å². The summed E-state index contributed by atoms with van der Waals surface area (Å²) in [5.74, 6) is -0.254. The van der Waals surface area contributed by atoms with Gasteiger partial charge in [-0.3, -0.25) is 4.98 Å². The maximum atomic E-state index is 13.3. The third-order valence-electron chi connectivity index (χ3n) is 3.14. The number of halogens is 2. The number of para-hydroxylation sites is 1. The van der Waals surface area contributed by atoms with E-state index in [9.17, 15) is 4.39 Å². The number of benzene rings is 2. The molecule has 3 aromatic rings. The quantitative estimate of drug-likeness (QED) is 0.749. The van der Waals surface area contributed by atoms with Gasteiger partial charge < -0.3 is 5.32 Å². The molecule has 2 nitrogen and oxygen atoms in total. The predicted molar refractivity (Wildman–Crippen MR) is 83.2 cm³/mol. The number of nitrogens with zero attached hydrogens (tertiary/aromatic N) is 1. The van der Waals surface area contributed by atoms with Crippen LogP contribution in [-0.2, 0) is 6.54 Å². The Morgan fingerprint density at radius 3 is 2.85 bits per heavy atom. The first-order chi connectivity index (χ1) is 9.74. The summed E-state index contributed by atoms with van der Waals surface area (Å²) < 4.78 is 14.1. The van der Waals surface area contributed by atoms with Gasteiger partial charge in [-0.2, -0.15) is 0 Å². The molecule has 4 heteroatoms. The van der Waals surface area contributed by atoms with Gasteiger partial charge >= 0.3 is 0 Å². The van der Waals surface area contributed by atoms with Gasteiger partial charge in [0, 0.05) is 22.6 Å². The second-order valence-corrected chi connectivity index (χ2v) is 5.32. The monoisotopic (exact) mass is 330 g/mol. The lowest BCUT2D eigenvalue weighted by Gasteiger charge is -2.10. The van der Waals surface area contributed by atoms with Crippen LogP contribution in [0.3, 0.4) is 0 Å². The zero-order valence-electron chi connectivity index (χ0n) is 10.6. The molecule has 0 bridgehead atoms. The summed E-state index contributed by atoms with van der Waals surface area (Å²) in [6.07, 6.45) is 1.79. The number of hydrogen-bond acceptors (Lipinski definition) is 2. The number of nitrogens with one attached hydrogen (secondary N) is 1. The fraction of sp³-hybridized carbons (Fsp3) is 0.0625. The molecule has 0 spiro atoms. The summed E-state index contributed by atoms with van der Waals surface area (Å²) in [6, 6.07) is 14.6. The maximum Gasteiger partial charge on any atom is 0.125 e. The van der Waals surface area contributed by atoms with E-state index in [0.29, 0.717) is 6.54 Å². The van der Waals surface area contributed by atoms with Crippen LogP contribution in [0.15, 0.2) is 59.2 Å². The van der Waals surface area contributed by atoms with Crippen molar-refractivity contribution in [1.29, 1.82) is 0 Å². The highest BCUT2D eigenvalue weighted by molar-refractivity contribution is 9.10. The number of aromatic nitrogens is 1. The maximum absolute atomic E-state index is 13.3. The van der Waals surface area contributed by atoms with Gasteiger partial charge in [-0.15, -0.1) is 0 Å². The van der Waals surface area contributed by atoms with Crippen LogP contribution in [0.1, 0.15) is 5.56 Å². The van der Waals surface area contributed by atoms with E-state index in [1.54, 1.807) is 12.3 Å². The SMILES string of the molecule is Fc1ccc(Br)c(NCc2ccnc3ccccc23)c1. The second-order valence-electron chi connectivity index (χ2n) is 4.46. The molecule has 1 heterocycles. The molecule has 0 aliphatic carbocycles. The van der Waals surface area contributed by atoms with Crippen LogP contribution in [0.25, 0.3) is 10.9 Å². The minimum Gasteiger partial charge on any atom is -0.380 e. The Morgan fingerprint density at radius 2 is 1.95 bits per heavy atom. The van der Waals surface area contributed by atoms with Crippen molar-refractivity contribution in [2.45, 2.75) is 6.54 Å². The van der Waals surface area contributed by atoms with Crippen LogP contribution in [0.4, 0.5) is 10.1 Å². The van der Waals surface area contributed by atoms with E-state index in [-0.39, 0.29) is 5.82 Å². The first kappa shape index (κ1) is 13.1. The van der Waals surface area contributed by atoms with Crippen LogP contribution >= 0.6 is 15.9 Å². The van der Waals surface area contributed by atoms with Crippen molar-refractivity contribution >= 4 is 32.5 Å². The summed E-state index contributed by atoms with van der Waals surface area (Å²) in [5, 5.41) is 4.35. The Kier molecular flexibility index (Phi) is 3.65. The summed E-state index contributed by atoms with van der Waals surface area (Å²) in [7, 11) is 0. The van der Waals surface area contributed by atoms with Gasteiger partial charge in [0.2, 0.25) is 0 Å². The van der Waals surface area contributed by atoms with Gasteiger partial charge in [0.1, 0.15) is 5.82 Å². The number of pyridine rings is 1. The minimum atomic E-state index is -0.254. The summed E-state index contributed by atoms with van der Waals surface area (Å²) in [6.45, 7) is 0.616. The van der Waals surface area contributed by atoms with Crippen LogP contribution in [0, 0.1) is 5.82 Å². The van der Waals surface area contributed by atoms with Gasteiger partial charge in [-0.05, 0) is 51.8 Å². The van der Waals surface area contributed by atoms with Gasteiger partial charge in [0.25, 0.3) is 0 Å². The molecule has 0 saturated heterocycles. The molecule has 0 aliphatic rings. The third-order valence-corrected chi connectivity index (χ3v) is 3.83. The first-order valence-electron chi connectivity index (χ1n) is 6.25. The Balaban J connectivity index is 1.89. The molecule has 2 aromatic carbocycles. The molecule has 0 unspecified atom stereocenters. The van der Waals surface area contributed by atoms with E-state index >= 15 is 0 Å². The molecule has 100 valence electrons. The lowest BCUT2D eigenvalue weighted by molar-refractivity contribution is 0.628. The van der Waals surface area contributed by atoms with Crippen LogP contribution in [0.2, 0.25) is 0 Å². The van der Waals surface area contributed by atoms with E-state index in [1.807, 2.05) is 30.3 Å². The van der Waals surface area contributed by atoms with E-state index in [0.717, 1.165) is 26.6 Å². The molecule has 1 N–H and O–H groups in total. The molecule has 0 aliphatic heterocycles. The predicted octanol–water partition coefficient (Wildman–Crippen LogP) is 4.75. The third kappa shape index (κ3) is 2.65. The van der Waals surface area contributed by atoms with Crippen LogP contribution < -0.4 is 5.32 Å². The van der Waals surface area contributed by atoms with E-state index in [1.165, 1.54) is 12.1 Å². The zero-order chi connectivity index (χ0) is 13.9. The molecular formula is C16H12BrFN2. The van der Waals surface area contributed by atoms with Gasteiger partial charge in [-0.25, -0.2) is 4.39 Å². The minimum absolute atomic E-state index is 0.254. The topological polar surface area (TPSA) is 24.9 Å². The van der Waals surface area contributed by atoms with E-state index < -0.39 is 0 Å². The number of rotatable bonds is 3. The fourth-order valence-electron chi connectivity index (χ4n) is 2.13. The highest BCUT2D eigenvalue weighted by Crippen LogP contribution is 2.24. The Labute approximate surface area is 124 Å². The van der Waals surface area contributed by atoms with E-state index in [4.69, 9.17) is 0 Å². The number of anilines is 1. The average Bonchev–Trinajstić information content (AvgIpc) is 2.48. The fourth-order valence-corrected chi connectivity index (χ4v) is 2.52. The Bertz CT molecular complexity index is 753. The standard InChI is InChI=1S/C16H12BrFN2/c17-14-6-5-12(18)9-16(14)20-10-11-7-8-19-15-4-2-1-3-13(11)15/h1-9,20H,10H2. The van der Waals surface area contributed by atoms with Crippen molar-refractivity contribution in [3.05, 3.63) is 70.6 Å². The largest absolute Gasteiger partial charge is 0.380 e. The van der Waals surface area contributed by atoms with Gasteiger partial charge in [0.15, 0.2) is 0 Å². The van der Waals surface area contributed by atoms with Crippen molar-refractivity contribution in [3.63, 3.8) is 0 Å². The molecule has 1 aromatic heterocycles. The summed E-state index contributed by atoms with van der Waals surface area (Å²) >= 11 is 3.41.